The summed E-state index contributed by atoms with van der Waals surface area (Å²) in [5, 5.41) is 19.9. The molecule has 8 heteroatoms. The number of aliphatic hydroxyl groups excluding tert-OH is 2. The van der Waals surface area contributed by atoms with Crippen molar-refractivity contribution >= 4 is 0 Å². The Morgan fingerprint density at radius 3 is 1.54 bits per heavy atom. The number of ether oxygens (including phenoxy) is 2. The van der Waals surface area contributed by atoms with Crippen LogP contribution >= 0.6 is 0 Å². The van der Waals surface area contributed by atoms with Gasteiger partial charge in [-0.1, -0.05) is 0 Å². The zero-order valence-corrected chi connectivity index (χ0v) is 14.3. The molecule has 0 fully saturated rings. The third-order valence-electron chi connectivity index (χ3n) is 3.67. The molecule has 0 unspecified atom stereocenters. The molecule has 2 heterocycles. The highest BCUT2D eigenvalue weighted by molar-refractivity contribution is 5.31. The van der Waals surface area contributed by atoms with Gasteiger partial charge in [0.05, 0.1) is 25.7 Å². The minimum Gasteiger partial charge on any atom is -0.491 e. The predicted octanol–water partition coefficient (Wildman–Crippen LogP) is 0.959. The first-order valence-corrected chi connectivity index (χ1v) is 8.32. The molecule has 0 saturated heterocycles. The van der Waals surface area contributed by atoms with Crippen LogP contribution in [0.1, 0.15) is 0 Å². The molecule has 8 nitrogen and oxygen atoms in total. The van der Waals surface area contributed by atoms with E-state index in [1.807, 2.05) is 0 Å². The lowest BCUT2D eigenvalue weighted by molar-refractivity contribution is 0.0906. The van der Waals surface area contributed by atoms with Gasteiger partial charge in [-0.25, -0.2) is 9.97 Å². The second-order valence-electron chi connectivity index (χ2n) is 5.92. The van der Waals surface area contributed by atoms with Crippen LogP contribution in [0.25, 0.3) is 0 Å². The van der Waals surface area contributed by atoms with E-state index in [0.29, 0.717) is 24.6 Å². The zero-order valence-electron chi connectivity index (χ0n) is 14.3. The van der Waals surface area contributed by atoms with E-state index < -0.39 is 12.2 Å². The molecule has 0 aliphatic carbocycles. The predicted molar refractivity (Wildman–Crippen MR) is 93.9 cm³/mol. The number of benzene rings is 1. The van der Waals surface area contributed by atoms with Gasteiger partial charge in [0.2, 0.25) is 0 Å². The van der Waals surface area contributed by atoms with E-state index in [9.17, 15) is 10.2 Å². The lowest BCUT2D eigenvalue weighted by Crippen LogP contribution is -2.23. The van der Waals surface area contributed by atoms with Crippen LogP contribution in [0.15, 0.2) is 61.7 Å². The van der Waals surface area contributed by atoms with E-state index in [1.165, 1.54) is 0 Å². The highest BCUT2D eigenvalue weighted by Crippen LogP contribution is 2.18. The number of aromatic nitrogens is 4. The summed E-state index contributed by atoms with van der Waals surface area (Å²) in [6, 6.07) is 7.06. The first-order valence-electron chi connectivity index (χ1n) is 8.32. The summed E-state index contributed by atoms with van der Waals surface area (Å²) in [4.78, 5) is 7.86. The molecule has 0 radical (unpaired) electrons. The number of hydrogen-bond acceptors (Lipinski definition) is 6. The van der Waals surface area contributed by atoms with Gasteiger partial charge in [-0.15, -0.1) is 0 Å². The maximum atomic E-state index is 9.96. The minimum absolute atomic E-state index is 0.183. The van der Waals surface area contributed by atoms with Gasteiger partial charge in [-0.3, -0.25) is 0 Å². The quantitative estimate of drug-likeness (QED) is 0.561. The summed E-state index contributed by atoms with van der Waals surface area (Å²) in [7, 11) is 0. The van der Waals surface area contributed by atoms with E-state index in [4.69, 9.17) is 9.47 Å². The van der Waals surface area contributed by atoms with Crippen molar-refractivity contribution in [1.82, 2.24) is 19.1 Å². The van der Waals surface area contributed by atoms with E-state index in [1.54, 1.807) is 70.8 Å². The topological polar surface area (TPSA) is 94.6 Å². The second-order valence-corrected chi connectivity index (χ2v) is 5.92. The van der Waals surface area contributed by atoms with E-state index in [0.717, 1.165) is 0 Å². The van der Waals surface area contributed by atoms with Crippen molar-refractivity contribution in [3.63, 3.8) is 0 Å². The Morgan fingerprint density at radius 2 is 1.19 bits per heavy atom. The summed E-state index contributed by atoms with van der Waals surface area (Å²) in [6.45, 7) is 1.22. The third kappa shape index (κ3) is 5.61. The Bertz CT molecular complexity index is 679. The average Bonchev–Trinajstić information content (AvgIpc) is 3.33. The van der Waals surface area contributed by atoms with Gasteiger partial charge in [0.1, 0.15) is 36.9 Å². The Labute approximate surface area is 151 Å². The molecule has 3 aromatic rings. The number of imidazole rings is 2. The molecule has 26 heavy (non-hydrogen) atoms. The smallest absolute Gasteiger partial charge is 0.119 e. The fraction of sp³-hybridized carbons (Fsp3) is 0.333. The minimum atomic E-state index is -0.626. The normalized spacial score (nSPS) is 13.3. The van der Waals surface area contributed by atoms with E-state index >= 15 is 0 Å². The number of nitrogens with zero attached hydrogens (tertiary/aromatic N) is 4. The molecule has 3 rings (SSSR count). The van der Waals surface area contributed by atoms with Gasteiger partial charge in [0, 0.05) is 24.8 Å². The fourth-order valence-corrected chi connectivity index (χ4v) is 2.40. The fourth-order valence-electron chi connectivity index (χ4n) is 2.40. The number of hydrogen-bond donors (Lipinski definition) is 2. The Hall–Kier alpha value is -2.84. The van der Waals surface area contributed by atoms with Crippen molar-refractivity contribution in [3.05, 3.63) is 61.7 Å². The molecule has 2 aromatic heterocycles. The molecule has 0 spiro atoms. The molecule has 2 atom stereocenters. The summed E-state index contributed by atoms with van der Waals surface area (Å²) in [6.07, 6.45) is 8.95. The van der Waals surface area contributed by atoms with Gasteiger partial charge in [0.25, 0.3) is 0 Å². The second kappa shape index (κ2) is 9.02. The standard InChI is InChI=1S/C18H22N4O4/c23-15(9-21-7-5-19-13-21)11-25-17-1-2-18(4-3-17)26-12-16(24)10-22-8-6-20-14-22/h1-8,13-16,23-24H,9-12H2/t15-,16-/m1/s1. The molecule has 0 aliphatic heterocycles. The molecular weight excluding hydrogens is 336 g/mol. The van der Waals surface area contributed by atoms with Crippen LogP contribution in [-0.2, 0) is 13.1 Å². The zero-order chi connectivity index (χ0) is 18.2. The highest BCUT2D eigenvalue weighted by atomic mass is 16.5. The van der Waals surface area contributed by atoms with E-state index in [2.05, 4.69) is 9.97 Å². The Kier molecular flexibility index (Phi) is 6.24. The molecule has 0 bridgehead atoms. The number of aliphatic hydroxyl groups is 2. The van der Waals surface area contributed by atoms with Crippen LogP contribution in [-0.4, -0.2) is 54.7 Å². The monoisotopic (exact) mass is 358 g/mol. The van der Waals surface area contributed by atoms with Crippen LogP contribution < -0.4 is 9.47 Å². The van der Waals surface area contributed by atoms with Crippen LogP contribution in [0.2, 0.25) is 0 Å². The van der Waals surface area contributed by atoms with Crippen molar-refractivity contribution in [3.8, 4) is 11.5 Å². The van der Waals surface area contributed by atoms with Crippen LogP contribution in [0.4, 0.5) is 0 Å². The van der Waals surface area contributed by atoms with Crippen LogP contribution in [0.5, 0.6) is 11.5 Å². The van der Waals surface area contributed by atoms with Crippen molar-refractivity contribution < 1.29 is 19.7 Å². The first kappa shape index (κ1) is 18.0. The number of rotatable bonds is 10. The summed E-state index contributed by atoms with van der Waals surface area (Å²) >= 11 is 0. The molecule has 0 amide bonds. The van der Waals surface area contributed by atoms with Crippen molar-refractivity contribution in [2.75, 3.05) is 13.2 Å². The summed E-state index contributed by atoms with van der Waals surface area (Å²) < 4.78 is 14.7. The molecular formula is C18H22N4O4. The van der Waals surface area contributed by atoms with Crippen LogP contribution in [0, 0.1) is 0 Å². The van der Waals surface area contributed by atoms with Gasteiger partial charge in [-0.05, 0) is 24.3 Å². The van der Waals surface area contributed by atoms with Gasteiger partial charge < -0.3 is 28.8 Å². The SMILES string of the molecule is O[C@@H](COc1ccc(OC[C@H](O)Cn2ccnc2)cc1)Cn1ccnc1. The van der Waals surface area contributed by atoms with Crippen molar-refractivity contribution in [2.45, 2.75) is 25.3 Å². The molecule has 138 valence electrons. The largest absolute Gasteiger partial charge is 0.491 e. The lowest BCUT2D eigenvalue weighted by atomic mass is 10.3. The first-order chi connectivity index (χ1) is 12.7. The third-order valence-corrected chi connectivity index (χ3v) is 3.67. The summed E-state index contributed by atoms with van der Waals surface area (Å²) in [5.74, 6) is 1.28. The van der Waals surface area contributed by atoms with Gasteiger partial charge in [0.15, 0.2) is 0 Å². The summed E-state index contributed by atoms with van der Waals surface area (Å²) in [5.41, 5.74) is 0. The van der Waals surface area contributed by atoms with Crippen molar-refractivity contribution in [1.29, 1.82) is 0 Å². The molecule has 0 saturated carbocycles. The lowest BCUT2D eigenvalue weighted by Gasteiger charge is -2.14. The van der Waals surface area contributed by atoms with Gasteiger partial charge >= 0.3 is 0 Å². The molecule has 0 aliphatic rings. The Balaban J connectivity index is 1.38. The van der Waals surface area contributed by atoms with E-state index in [-0.39, 0.29) is 13.2 Å². The highest BCUT2D eigenvalue weighted by Gasteiger charge is 2.08. The Morgan fingerprint density at radius 1 is 0.769 bits per heavy atom. The maximum absolute atomic E-state index is 9.96. The van der Waals surface area contributed by atoms with Crippen molar-refractivity contribution in [2.24, 2.45) is 0 Å². The average molecular weight is 358 g/mol. The van der Waals surface area contributed by atoms with Gasteiger partial charge in [-0.2, -0.15) is 0 Å². The molecule has 1 aromatic carbocycles. The molecule has 2 N–H and O–H groups in total. The maximum Gasteiger partial charge on any atom is 0.119 e. The van der Waals surface area contributed by atoms with Crippen LogP contribution in [0.3, 0.4) is 0 Å².